The lowest BCUT2D eigenvalue weighted by Crippen LogP contribution is -2.12. The third kappa shape index (κ3) is 3.30. The van der Waals surface area contributed by atoms with E-state index in [9.17, 15) is 0 Å². The number of aromatic nitrogens is 4. The van der Waals surface area contributed by atoms with Crippen LogP contribution >= 0.6 is 15.9 Å². The summed E-state index contributed by atoms with van der Waals surface area (Å²) in [6.45, 7) is 9.79. The Bertz CT molecular complexity index is 558. The maximum Gasteiger partial charge on any atom is 0.0953 e. The summed E-state index contributed by atoms with van der Waals surface area (Å²) in [5.41, 5.74) is 3.40. The maximum atomic E-state index is 4.62. The zero-order valence-corrected chi connectivity index (χ0v) is 13.9. The van der Waals surface area contributed by atoms with E-state index < -0.39 is 0 Å². The van der Waals surface area contributed by atoms with Crippen LogP contribution in [0.2, 0.25) is 0 Å². The second-order valence-electron chi connectivity index (χ2n) is 4.69. The molecular formula is C14H22BrN5. The van der Waals surface area contributed by atoms with E-state index in [0.29, 0.717) is 0 Å². The molecule has 2 heterocycles. The van der Waals surface area contributed by atoms with Gasteiger partial charge in [-0.2, -0.15) is 5.10 Å². The largest absolute Gasteiger partial charge is 0.331 e. The number of halogens is 1. The predicted molar refractivity (Wildman–Crippen MR) is 83.7 cm³/mol. The number of rotatable bonds is 7. The van der Waals surface area contributed by atoms with Gasteiger partial charge in [-0.3, -0.25) is 4.68 Å². The van der Waals surface area contributed by atoms with Gasteiger partial charge in [0.25, 0.3) is 0 Å². The monoisotopic (exact) mass is 339 g/mol. The summed E-state index contributed by atoms with van der Waals surface area (Å²) in [6.07, 6.45) is 4.92. The highest BCUT2D eigenvalue weighted by Crippen LogP contribution is 2.23. The van der Waals surface area contributed by atoms with Crippen molar-refractivity contribution in [2.75, 3.05) is 6.54 Å². The number of hydrogen-bond donors (Lipinski definition) is 1. The quantitative estimate of drug-likeness (QED) is 0.843. The SMILES string of the molecule is CCNCc1cn(Cc2c(Br)c(CC)nn2CC)cn1. The number of aryl methyl sites for hydroxylation is 2. The van der Waals surface area contributed by atoms with Gasteiger partial charge in [-0.15, -0.1) is 0 Å². The van der Waals surface area contributed by atoms with Gasteiger partial charge in [0, 0.05) is 19.3 Å². The molecule has 0 unspecified atom stereocenters. The minimum absolute atomic E-state index is 0.792. The lowest BCUT2D eigenvalue weighted by Gasteiger charge is -2.06. The summed E-state index contributed by atoms with van der Waals surface area (Å²) in [6, 6.07) is 0. The maximum absolute atomic E-state index is 4.62. The second kappa shape index (κ2) is 7.04. The number of nitrogens with zero attached hydrogens (tertiary/aromatic N) is 4. The average Bonchev–Trinajstić information content (AvgIpc) is 3.03. The van der Waals surface area contributed by atoms with Gasteiger partial charge in [-0.25, -0.2) is 4.98 Å². The lowest BCUT2D eigenvalue weighted by molar-refractivity contribution is 0.593. The van der Waals surface area contributed by atoms with E-state index >= 15 is 0 Å². The fourth-order valence-electron chi connectivity index (χ4n) is 2.18. The molecule has 0 amide bonds. The van der Waals surface area contributed by atoms with Crippen LogP contribution in [0.3, 0.4) is 0 Å². The molecule has 0 aliphatic heterocycles. The molecule has 0 aromatic carbocycles. The van der Waals surface area contributed by atoms with Crippen LogP contribution in [0, 0.1) is 0 Å². The van der Waals surface area contributed by atoms with E-state index in [2.05, 4.69) is 67.5 Å². The van der Waals surface area contributed by atoms with Crippen LogP contribution in [-0.2, 0) is 26.1 Å². The Morgan fingerprint density at radius 2 is 2.10 bits per heavy atom. The fraction of sp³-hybridized carbons (Fsp3) is 0.571. The van der Waals surface area contributed by atoms with Gasteiger partial charge in [0.15, 0.2) is 0 Å². The Kier molecular flexibility index (Phi) is 5.37. The minimum Gasteiger partial charge on any atom is -0.331 e. The van der Waals surface area contributed by atoms with E-state index in [4.69, 9.17) is 0 Å². The molecule has 2 aromatic heterocycles. The molecule has 0 radical (unpaired) electrons. The van der Waals surface area contributed by atoms with Crippen LogP contribution in [0.4, 0.5) is 0 Å². The molecule has 0 aliphatic rings. The minimum atomic E-state index is 0.792. The first-order valence-corrected chi connectivity index (χ1v) is 7.94. The van der Waals surface area contributed by atoms with Crippen molar-refractivity contribution in [3.05, 3.63) is 34.1 Å². The van der Waals surface area contributed by atoms with E-state index in [0.717, 1.165) is 48.5 Å². The third-order valence-electron chi connectivity index (χ3n) is 3.27. The van der Waals surface area contributed by atoms with Gasteiger partial charge < -0.3 is 9.88 Å². The molecule has 0 saturated carbocycles. The van der Waals surface area contributed by atoms with Crippen molar-refractivity contribution < 1.29 is 0 Å². The molecule has 2 aromatic rings. The molecule has 0 fully saturated rings. The molecule has 2 rings (SSSR count). The zero-order chi connectivity index (χ0) is 14.5. The molecule has 110 valence electrons. The van der Waals surface area contributed by atoms with E-state index in [-0.39, 0.29) is 0 Å². The van der Waals surface area contributed by atoms with Gasteiger partial charge >= 0.3 is 0 Å². The van der Waals surface area contributed by atoms with Crippen LogP contribution in [-0.4, -0.2) is 25.9 Å². The summed E-state index contributed by atoms with van der Waals surface area (Å²) in [7, 11) is 0. The Morgan fingerprint density at radius 1 is 1.30 bits per heavy atom. The molecule has 0 atom stereocenters. The molecule has 0 bridgehead atoms. The molecule has 0 aliphatic carbocycles. The van der Waals surface area contributed by atoms with Crippen LogP contribution < -0.4 is 5.32 Å². The molecular weight excluding hydrogens is 318 g/mol. The Hall–Kier alpha value is -1.14. The summed E-state index contributed by atoms with van der Waals surface area (Å²) < 4.78 is 5.30. The van der Waals surface area contributed by atoms with Crippen molar-refractivity contribution in [1.29, 1.82) is 0 Å². The van der Waals surface area contributed by atoms with Crippen molar-refractivity contribution in [3.8, 4) is 0 Å². The summed E-state index contributed by atoms with van der Waals surface area (Å²) in [4.78, 5) is 4.42. The van der Waals surface area contributed by atoms with Gasteiger partial charge in [0.1, 0.15) is 0 Å². The Balaban J connectivity index is 2.16. The van der Waals surface area contributed by atoms with Gasteiger partial charge in [0.2, 0.25) is 0 Å². The lowest BCUT2D eigenvalue weighted by atomic mass is 10.3. The van der Waals surface area contributed by atoms with Crippen LogP contribution in [0.25, 0.3) is 0 Å². The van der Waals surface area contributed by atoms with Crippen molar-refractivity contribution in [1.82, 2.24) is 24.6 Å². The van der Waals surface area contributed by atoms with E-state index in [1.807, 2.05) is 6.33 Å². The second-order valence-corrected chi connectivity index (χ2v) is 5.49. The third-order valence-corrected chi connectivity index (χ3v) is 4.18. The molecule has 5 nitrogen and oxygen atoms in total. The Morgan fingerprint density at radius 3 is 2.75 bits per heavy atom. The Labute approximate surface area is 128 Å². The fourth-order valence-corrected chi connectivity index (χ4v) is 2.87. The normalized spacial score (nSPS) is 11.2. The first kappa shape index (κ1) is 15.3. The summed E-state index contributed by atoms with van der Waals surface area (Å²) in [5.74, 6) is 0. The van der Waals surface area contributed by atoms with Gasteiger partial charge in [0.05, 0.1) is 34.4 Å². The van der Waals surface area contributed by atoms with Gasteiger partial charge in [-0.1, -0.05) is 13.8 Å². The van der Waals surface area contributed by atoms with Crippen LogP contribution in [0.15, 0.2) is 17.0 Å². The van der Waals surface area contributed by atoms with Crippen molar-refractivity contribution in [2.24, 2.45) is 0 Å². The topological polar surface area (TPSA) is 47.7 Å². The van der Waals surface area contributed by atoms with E-state index in [1.165, 1.54) is 5.69 Å². The van der Waals surface area contributed by atoms with E-state index in [1.54, 1.807) is 0 Å². The molecule has 0 spiro atoms. The number of imidazole rings is 1. The molecule has 6 heteroatoms. The standard InChI is InChI=1S/C14H22BrN5/c1-4-12-14(15)13(20(6-3)18-12)9-19-8-11(17-10-19)7-16-5-2/h8,10,16H,4-7,9H2,1-3H3. The molecule has 1 N–H and O–H groups in total. The smallest absolute Gasteiger partial charge is 0.0953 e. The molecule has 0 saturated heterocycles. The highest BCUT2D eigenvalue weighted by atomic mass is 79.9. The first-order chi connectivity index (χ1) is 9.69. The van der Waals surface area contributed by atoms with Crippen molar-refractivity contribution >= 4 is 15.9 Å². The van der Waals surface area contributed by atoms with Crippen LogP contribution in [0.5, 0.6) is 0 Å². The van der Waals surface area contributed by atoms with Gasteiger partial charge in [-0.05, 0) is 35.8 Å². The number of nitrogens with one attached hydrogen (secondary N) is 1. The highest BCUT2D eigenvalue weighted by molar-refractivity contribution is 9.10. The van der Waals surface area contributed by atoms with Crippen molar-refractivity contribution in [3.63, 3.8) is 0 Å². The number of hydrogen-bond acceptors (Lipinski definition) is 3. The predicted octanol–water partition coefficient (Wildman–Crippen LogP) is 2.58. The molecule has 20 heavy (non-hydrogen) atoms. The highest BCUT2D eigenvalue weighted by Gasteiger charge is 2.14. The van der Waals surface area contributed by atoms with Crippen molar-refractivity contribution in [2.45, 2.75) is 46.8 Å². The van der Waals surface area contributed by atoms with Crippen LogP contribution in [0.1, 0.15) is 37.9 Å². The first-order valence-electron chi connectivity index (χ1n) is 7.14. The summed E-state index contributed by atoms with van der Waals surface area (Å²) >= 11 is 3.68. The summed E-state index contributed by atoms with van der Waals surface area (Å²) in [5, 5.41) is 7.91. The zero-order valence-electron chi connectivity index (χ0n) is 12.4. The average molecular weight is 340 g/mol.